The molecule has 0 fully saturated rings. The summed E-state index contributed by atoms with van der Waals surface area (Å²) in [7, 11) is 4.60. The summed E-state index contributed by atoms with van der Waals surface area (Å²) in [6, 6.07) is 10.1. The van der Waals surface area contributed by atoms with Gasteiger partial charge >= 0.3 is 0 Å². The van der Waals surface area contributed by atoms with Gasteiger partial charge in [-0.1, -0.05) is 28.6 Å². The average Bonchev–Trinajstić information content (AvgIpc) is 3.45. The molecule has 170 valence electrons. The molecule has 12 heteroatoms. The monoisotopic (exact) mass is 468 g/mol. The number of nitrogen functional groups attached to an aromatic ring is 1. The maximum absolute atomic E-state index is 11.4. The fourth-order valence-corrected chi connectivity index (χ4v) is 3.89. The van der Waals surface area contributed by atoms with Crippen LogP contribution in [0.2, 0.25) is 0 Å². The van der Waals surface area contributed by atoms with Crippen LogP contribution in [0.15, 0.2) is 40.9 Å². The van der Waals surface area contributed by atoms with Gasteiger partial charge < -0.3 is 35.5 Å². The lowest BCUT2D eigenvalue weighted by molar-refractivity contribution is 0.100. The first-order chi connectivity index (χ1) is 15.9. The number of rotatable bonds is 8. The number of anilines is 3. The van der Waals surface area contributed by atoms with Crippen molar-refractivity contribution in [3.05, 3.63) is 42.0 Å². The summed E-state index contributed by atoms with van der Waals surface area (Å²) in [5.41, 5.74) is 13.0. The minimum Gasteiger partial charge on any atom is -0.493 e. The number of nitrogens with zero attached hydrogens (tertiary/aromatic N) is 3. The summed E-state index contributed by atoms with van der Waals surface area (Å²) >= 11 is 1.23. The fourth-order valence-electron chi connectivity index (χ4n) is 3.06. The first kappa shape index (κ1) is 21.9. The summed E-state index contributed by atoms with van der Waals surface area (Å²) in [4.78, 5) is 20.6. The molecule has 5 N–H and O–H groups in total. The molecule has 33 heavy (non-hydrogen) atoms. The van der Waals surface area contributed by atoms with Crippen molar-refractivity contribution >= 4 is 33.9 Å². The predicted octanol–water partition coefficient (Wildman–Crippen LogP) is 3.31. The van der Waals surface area contributed by atoms with Crippen molar-refractivity contribution in [1.29, 1.82) is 0 Å². The third-order valence-corrected chi connectivity index (χ3v) is 5.57. The number of hydrogen-bond donors (Lipinski definition) is 3. The van der Waals surface area contributed by atoms with Crippen LogP contribution in [0, 0.1) is 0 Å². The van der Waals surface area contributed by atoms with Crippen LogP contribution in [0.1, 0.15) is 10.4 Å². The number of carbonyl (C=O) groups is 1. The highest BCUT2D eigenvalue weighted by atomic mass is 32.1. The number of nitrogens with two attached hydrogens (primary N) is 2. The Bertz CT molecular complexity index is 1290. The summed E-state index contributed by atoms with van der Waals surface area (Å²) in [6.45, 7) is 0. The van der Waals surface area contributed by atoms with Crippen LogP contribution >= 0.6 is 11.3 Å². The maximum atomic E-state index is 11.4. The Morgan fingerprint density at radius 2 is 1.79 bits per heavy atom. The van der Waals surface area contributed by atoms with Gasteiger partial charge in [-0.25, -0.2) is 4.98 Å². The van der Waals surface area contributed by atoms with Crippen LogP contribution in [0.3, 0.4) is 0 Å². The minimum atomic E-state index is -0.547. The van der Waals surface area contributed by atoms with Gasteiger partial charge in [0, 0.05) is 28.9 Å². The van der Waals surface area contributed by atoms with Gasteiger partial charge in [-0.3, -0.25) is 4.79 Å². The molecule has 2 aromatic heterocycles. The lowest BCUT2D eigenvalue weighted by Gasteiger charge is -2.14. The molecule has 0 saturated carbocycles. The van der Waals surface area contributed by atoms with E-state index < -0.39 is 5.91 Å². The molecular weight excluding hydrogens is 448 g/mol. The number of nitrogens with one attached hydrogen (secondary N) is 1. The number of primary amides is 1. The van der Waals surface area contributed by atoms with E-state index in [1.807, 2.05) is 0 Å². The Balaban J connectivity index is 1.62. The zero-order valence-corrected chi connectivity index (χ0v) is 18.7. The highest BCUT2D eigenvalue weighted by molar-refractivity contribution is 7.19. The van der Waals surface area contributed by atoms with Crippen molar-refractivity contribution in [1.82, 2.24) is 15.1 Å². The van der Waals surface area contributed by atoms with E-state index in [-0.39, 0.29) is 11.7 Å². The normalized spacial score (nSPS) is 10.6. The van der Waals surface area contributed by atoms with Crippen molar-refractivity contribution in [2.45, 2.75) is 0 Å². The lowest BCUT2D eigenvalue weighted by atomic mass is 10.1. The van der Waals surface area contributed by atoms with Crippen LogP contribution in [0.25, 0.3) is 22.2 Å². The largest absolute Gasteiger partial charge is 0.493 e. The number of ether oxygens (including phenoxy) is 3. The van der Waals surface area contributed by atoms with E-state index in [0.29, 0.717) is 49.9 Å². The van der Waals surface area contributed by atoms with Crippen LogP contribution < -0.4 is 31.0 Å². The topological polar surface area (TPSA) is 161 Å². The summed E-state index contributed by atoms with van der Waals surface area (Å²) in [5, 5.41) is 7.64. The van der Waals surface area contributed by atoms with Crippen molar-refractivity contribution in [2.24, 2.45) is 5.73 Å². The van der Waals surface area contributed by atoms with Crippen LogP contribution in [-0.4, -0.2) is 42.4 Å². The molecule has 0 bridgehead atoms. The molecule has 2 aromatic carbocycles. The second kappa shape index (κ2) is 9.04. The van der Waals surface area contributed by atoms with E-state index in [1.54, 1.807) is 36.4 Å². The number of thiazole rings is 1. The first-order valence-electron chi connectivity index (χ1n) is 9.51. The van der Waals surface area contributed by atoms with Crippen molar-refractivity contribution in [3.63, 3.8) is 0 Å². The van der Waals surface area contributed by atoms with E-state index in [9.17, 15) is 4.79 Å². The highest BCUT2D eigenvalue weighted by Gasteiger charge is 2.20. The number of amides is 1. The molecule has 0 atom stereocenters. The van der Waals surface area contributed by atoms with Gasteiger partial charge in [-0.2, -0.15) is 4.98 Å². The Kier molecular flexibility index (Phi) is 6.00. The average molecular weight is 468 g/mol. The predicted molar refractivity (Wildman–Crippen MR) is 123 cm³/mol. The molecule has 0 spiro atoms. The van der Waals surface area contributed by atoms with Crippen LogP contribution in [0.4, 0.5) is 16.6 Å². The summed E-state index contributed by atoms with van der Waals surface area (Å²) in [6.07, 6.45) is 0. The minimum absolute atomic E-state index is 0.197. The second-order valence-corrected chi connectivity index (χ2v) is 7.64. The zero-order chi connectivity index (χ0) is 23.5. The lowest BCUT2D eigenvalue weighted by Crippen LogP contribution is -2.10. The van der Waals surface area contributed by atoms with Gasteiger partial charge in [0.15, 0.2) is 16.6 Å². The Morgan fingerprint density at radius 3 is 2.42 bits per heavy atom. The molecule has 2 heterocycles. The number of aromatic nitrogens is 3. The Hall–Kier alpha value is -4.32. The third kappa shape index (κ3) is 4.36. The van der Waals surface area contributed by atoms with Crippen molar-refractivity contribution in [2.75, 3.05) is 32.4 Å². The van der Waals surface area contributed by atoms with E-state index in [4.69, 9.17) is 30.2 Å². The molecule has 0 unspecified atom stereocenters. The highest BCUT2D eigenvalue weighted by Crippen LogP contribution is 2.42. The van der Waals surface area contributed by atoms with Gasteiger partial charge in [0.2, 0.25) is 17.5 Å². The second-order valence-electron chi connectivity index (χ2n) is 6.64. The molecule has 1 amide bonds. The quantitative estimate of drug-likeness (QED) is 0.350. The van der Waals surface area contributed by atoms with Gasteiger partial charge in [0.1, 0.15) is 10.7 Å². The number of benzene rings is 2. The van der Waals surface area contributed by atoms with Crippen molar-refractivity contribution in [3.8, 4) is 39.4 Å². The molecule has 0 aliphatic heterocycles. The van der Waals surface area contributed by atoms with Gasteiger partial charge in [-0.15, -0.1) is 0 Å². The van der Waals surface area contributed by atoms with Crippen LogP contribution in [-0.2, 0) is 0 Å². The standard InChI is InChI=1S/C21H20N6O5S/c1-29-13-8-12(9-14(30-2)15(13)31-3)24-21-25-17(22)16(33-21)20-26-19(27-32-20)11-6-4-5-10(7-11)18(23)28/h4-9H,22H2,1-3H3,(H2,23,28)(H,24,25). The molecule has 4 rings (SSSR count). The molecule has 0 aliphatic rings. The molecule has 0 radical (unpaired) electrons. The van der Waals surface area contributed by atoms with E-state index in [2.05, 4.69) is 20.4 Å². The SMILES string of the molecule is COc1cc(Nc2nc(N)c(-c3nc(-c4cccc(C(N)=O)c4)no3)s2)cc(OC)c1OC. The van der Waals surface area contributed by atoms with E-state index >= 15 is 0 Å². The molecular formula is C21H20N6O5S. The summed E-state index contributed by atoms with van der Waals surface area (Å²) < 4.78 is 21.5. The maximum Gasteiger partial charge on any atom is 0.272 e. The van der Waals surface area contributed by atoms with E-state index in [0.717, 1.165) is 0 Å². The zero-order valence-electron chi connectivity index (χ0n) is 17.9. The number of methoxy groups -OCH3 is 3. The number of carbonyl (C=O) groups excluding carboxylic acids is 1. The van der Waals surface area contributed by atoms with Gasteiger partial charge in [0.05, 0.1) is 21.3 Å². The van der Waals surface area contributed by atoms with E-state index in [1.165, 1.54) is 32.7 Å². The Labute approximate surface area is 192 Å². The van der Waals surface area contributed by atoms with Crippen molar-refractivity contribution < 1.29 is 23.5 Å². The van der Waals surface area contributed by atoms with Crippen LogP contribution in [0.5, 0.6) is 17.2 Å². The number of hydrogen-bond acceptors (Lipinski definition) is 11. The molecule has 0 aliphatic carbocycles. The Morgan fingerprint density at radius 1 is 1.06 bits per heavy atom. The molecule has 4 aromatic rings. The third-order valence-electron chi connectivity index (χ3n) is 4.59. The first-order valence-corrected chi connectivity index (χ1v) is 10.3. The summed E-state index contributed by atoms with van der Waals surface area (Å²) in [5.74, 6) is 1.62. The molecule has 11 nitrogen and oxygen atoms in total. The van der Waals surface area contributed by atoms with Gasteiger partial charge in [-0.05, 0) is 12.1 Å². The molecule has 0 saturated heterocycles. The van der Waals surface area contributed by atoms with Gasteiger partial charge in [0.25, 0.3) is 5.89 Å². The fraction of sp³-hybridized carbons (Fsp3) is 0.143. The smallest absolute Gasteiger partial charge is 0.272 e.